The maximum absolute atomic E-state index is 14.3. The minimum Gasteiger partial charge on any atom is -0.368 e. The molecule has 5 N–H and O–H groups in total. The zero-order chi connectivity index (χ0) is 20.6. The van der Waals surface area contributed by atoms with Crippen molar-refractivity contribution >= 4 is 22.5 Å². The highest BCUT2D eigenvalue weighted by Gasteiger charge is 2.41. The van der Waals surface area contributed by atoms with Gasteiger partial charge < -0.3 is 10.7 Å². The van der Waals surface area contributed by atoms with Crippen LogP contribution in [0.5, 0.6) is 0 Å². The summed E-state index contributed by atoms with van der Waals surface area (Å²) in [6.45, 7) is 0.571. The van der Waals surface area contributed by atoms with E-state index in [0.29, 0.717) is 23.9 Å². The fraction of sp³-hybridized carbons (Fsp3) is 0.238. The number of nitrogens with two attached hydrogens (primary N) is 1. The van der Waals surface area contributed by atoms with Crippen LogP contribution in [0.3, 0.4) is 0 Å². The molecule has 1 fully saturated rings. The molecule has 0 spiro atoms. The third-order valence-corrected chi connectivity index (χ3v) is 5.84. The SMILES string of the molecule is NNc1n[nH]c2ccc(-c3ccc(NCC4(c5ncccc5F)CCC4)nn3)cc12. The molecule has 1 aliphatic carbocycles. The van der Waals surface area contributed by atoms with Gasteiger partial charge in [0.05, 0.1) is 16.9 Å². The van der Waals surface area contributed by atoms with Crippen molar-refractivity contribution in [1.29, 1.82) is 0 Å². The van der Waals surface area contributed by atoms with Crippen molar-refractivity contribution in [2.24, 2.45) is 5.84 Å². The highest BCUT2D eigenvalue weighted by molar-refractivity contribution is 5.92. The van der Waals surface area contributed by atoms with Crippen LogP contribution >= 0.6 is 0 Å². The first-order valence-corrected chi connectivity index (χ1v) is 9.82. The van der Waals surface area contributed by atoms with Gasteiger partial charge in [-0.2, -0.15) is 5.10 Å². The van der Waals surface area contributed by atoms with Gasteiger partial charge in [-0.05, 0) is 49.2 Å². The van der Waals surface area contributed by atoms with E-state index in [0.717, 1.165) is 41.4 Å². The van der Waals surface area contributed by atoms with Crippen molar-refractivity contribution < 1.29 is 4.39 Å². The summed E-state index contributed by atoms with van der Waals surface area (Å²) in [6, 6.07) is 12.7. The topological polar surface area (TPSA) is 117 Å². The van der Waals surface area contributed by atoms with Gasteiger partial charge in [0.1, 0.15) is 11.6 Å². The molecule has 1 saturated carbocycles. The number of nitrogens with zero attached hydrogens (tertiary/aromatic N) is 4. The van der Waals surface area contributed by atoms with E-state index in [4.69, 9.17) is 5.84 Å². The summed E-state index contributed by atoms with van der Waals surface area (Å²) >= 11 is 0. The molecule has 152 valence electrons. The Morgan fingerprint density at radius 1 is 1.13 bits per heavy atom. The molecule has 8 nitrogen and oxygen atoms in total. The number of H-pyrrole nitrogens is 1. The summed E-state index contributed by atoms with van der Waals surface area (Å²) in [4.78, 5) is 4.30. The maximum Gasteiger partial charge on any atom is 0.169 e. The van der Waals surface area contributed by atoms with Gasteiger partial charge in [-0.3, -0.25) is 10.1 Å². The van der Waals surface area contributed by atoms with Crippen molar-refractivity contribution in [3.63, 3.8) is 0 Å². The number of fused-ring (bicyclic) bond motifs is 1. The predicted molar refractivity (Wildman–Crippen MR) is 113 cm³/mol. The molecule has 1 aromatic carbocycles. The van der Waals surface area contributed by atoms with E-state index in [2.05, 4.69) is 36.1 Å². The molecule has 0 amide bonds. The van der Waals surface area contributed by atoms with Crippen LogP contribution in [-0.2, 0) is 5.41 Å². The van der Waals surface area contributed by atoms with Crippen molar-refractivity contribution in [1.82, 2.24) is 25.4 Å². The van der Waals surface area contributed by atoms with Gasteiger partial charge in [-0.25, -0.2) is 10.2 Å². The Morgan fingerprint density at radius 3 is 2.73 bits per heavy atom. The van der Waals surface area contributed by atoms with Crippen LogP contribution in [0.4, 0.5) is 16.0 Å². The second kappa shape index (κ2) is 7.34. The van der Waals surface area contributed by atoms with Crippen molar-refractivity contribution in [3.05, 3.63) is 60.2 Å². The molecular formula is C21H21FN8. The summed E-state index contributed by atoms with van der Waals surface area (Å²) in [5.74, 6) is 6.48. The number of hydrazine groups is 1. The first-order chi connectivity index (χ1) is 14.7. The average molecular weight is 404 g/mol. The van der Waals surface area contributed by atoms with Crippen LogP contribution in [0, 0.1) is 5.82 Å². The predicted octanol–water partition coefficient (Wildman–Crippen LogP) is 3.37. The van der Waals surface area contributed by atoms with E-state index in [1.165, 1.54) is 6.07 Å². The lowest BCUT2D eigenvalue weighted by Gasteiger charge is -2.41. The molecule has 0 aliphatic heterocycles. The molecule has 3 heterocycles. The minimum atomic E-state index is -0.288. The highest BCUT2D eigenvalue weighted by Crippen LogP contribution is 2.43. The number of rotatable bonds is 6. The number of aromatic nitrogens is 5. The molecule has 9 heteroatoms. The van der Waals surface area contributed by atoms with Gasteiger partial charge in [-0.1, -0.05) is 12.5 Å². The van der Waals surface area contributed by atoms with Gasteiger partial charge in [0.25, 0.3) is 0 Å². The van der Waals surface area contributed by atoms with Gasteiger partial charge >= 0.3 is 0 Å². The van der Waals surface area contributed by atoms with E-state index in [1.54, 1.807) is 12.3 Å². The van der Waals surface area contributed by atoms with E-state index >= 15 is 0 Å². The first kappa shape index (κ1) is 18.4. The van der Waals surface area contributed by atoms with E-state index in [1.807, 2.05) is 30.3 Å². The van der Waals surface area contributed by atoms with E-state index in [9.17, 15) is 4.39 Å². The third-order valence-electron chi connectivity index (χ3n) is 5.84. The lowest BCUT2D eigenvalue weighted by molar-refractivity contribution is 0.243. The van der Waals surface area contributed by atoms with Gasteiger partial charge in [0.15, 0.2) is 5.82 Å². The fourth-order valence-electron chi connectivity index (χ4n) is 4.00. The van der Waals surface area contributed by atoms with Crippen molar-refractivity contribution in [2.45, 2.75) is 24.7 Å². The quantitative estimate of drug-likeness (QED) is 0.287. The number of halogens is 1. The number of aromatic amines is 1. The zero-order valence-corrected chi connectivity index (χ0v) is 16.2. The molecule has 1 aliphatic rings. The number of anilines is 2. The second-order valence-corrected chi connectivity index (χ2v) is 7.60. The number of nitrogen functional groups attached to an aromatic ring is 1. The van der Waals surface area contributed by atoms with Crippen LogP contribution < -0.4 is 16.6 Å². The lowest BCUT2D eigenvalue weighted by atomic mass is 9.66. The standard InChI is InChI=1S/C21H21FN8/c22-15-3-1-10-24-19(15)21(8-2-9-21)12-25-18-7-6-16(27-29-18)13-4-5-17-14(11-13)20(26-23)30-28-17/h1,3-7,10-11H,2,8-9,12,23H2,(H,25,29)(H2,26,28,30). The summed E-state index contributed by atoms with van der Waals surface area (Å²) in [6.07, 6.45) is 4.53. The molecule has 3 aromatic heterocycles. The Hall–Kier alpha value is -3.59. The maximum atomic E-state index is 14.3. The normalized spacial score (nSPS) is 15.0. The molecule has 0 unspecified atom stereocenters. The number of benzene rings is 1. The van der Waals surface area contributed by atoms with E-state index in [-0.39, 0.29) is 11.2 Å². The Labute approximate surface area is 172 Å². The number of pyridine rings is 1. The number of hydrogen-bond donors (Lipinski definition) is 4. The van der Waals surface area contributed by atoms with Crippen LogP contribution in [0.15, 0.2) is 48.7 Å². The Balaban J connectivity index is 1.34. The molecule has 0 radical (unpaired) electrons. The number of nitrogens with one attached hydrogen (secondary N) is 3. The molecule has 0 saturated heterocycles. The lowest BCUT2D eigenvalue weighted by Crippen LogP contribution is -2.42. The van der Waals surface area contributed by atoms with Gasteiger partial charge in [-0.15, -0.1) is 10.2 Å². The first-order valence-electron chi connectivity index (χ1n) is 9.82. The van der Waals surface area contributed by atoms with E-state index < -0.39 is 0 Å². The van der Waals surface area contributed by atoms with Crippen molar-refractivity contribution in [3.8, 4) is 11.3 Å². The highest BCUT2D eigenvalue weighted by atomic mass is 19.1. The molecule has 5 rings (SSSR count). The Bertz CT molecular complexity index is 1180. The average Bonchev–Trinajstić information content (AvgIpc) is 3.17. The molecule has 30 heavy (non-hydrogen) atoms. The van der Waals surface area contributed by atoms with Crippen LogP contribution in [0.25, 0.3) is 22.2 Å². The van der Waals surface area contributed by atoms with Gasteiger partial charge in [0.2, 0.25) is 0 Å². The second-order valence-electron chi connectivity index (χ2n) is 7.60. The smallest absolute Gasteiger partial charge is 0.169 e. The zero-order valence-electron chi connectivity index (χ0n) is 16.2. The largest absolute Gasteiger partial charge is 0.368 e. The van der Waals surface area contributed by atoms with Crippen LogP contribution in [0.1, 0.15) is 25.0 Å². The summed E-state index contributed by atoms with van der Waals surface area (Å²) in [7, 11) is 0. The third kappa shape index (κ3) is 3.13. The monoisotopic (exact) mass is 404 g/mol. The molecule has 4 aromatic rings. The Morgan fingerprint density at radius 2 is 2.03 bits per heavy atom. The fourth-order valence-corrected chi connectivity index (χ4v) is 4.00. The summed E-state index contributed by atoms with van der Waals surface area (Å²) in [5, 5.41) is 19.9. The molecule has 0 bridgehead atoms. The minimum absolute atomic E-state index is 0.249. The summed E-state index contributed by atoms with van der Waals surface area (Å²) in [5.41, 5.74) is 5.35. The van der Waals surface area contributed by atoms with Crippen molar-refractivity contribution in [2.75, 3.05) is 17.3 Å². The molecular weight excluding hydrogens is 383 g/mol. The summed E-state index contributed by atoms with van der Waals surface area (Å²) < 4.78 is 14.3. The number of hydrogen-bond acceptors (Lipinski definition) is 7. The van der Waals surface area contributed by atoms with Crippen LogP contribution in [0.2, 0.25) is 0 Å². The Kier molecular flexibility index (Phi) is 4.51. The van der Waals surface area contributed by atoms with Crippen LogP contribution in [-0.4, -0.2) is 31.9 Å². The van der Waals surface area contributed by atoms with Gasteiger partial charge in [0, 0.05) is 29.1 Å². The molecule has 0 atom stereocenters.